The quantitative estimate of drug-likeness (QED) is 0.508. The van der Waals surface area contributed by atoms with Crippen molar-refractivity contribution in [3.63, 3.8) is 0 Å². The molecule has 0 fully saturated rings. The zero-order chi connectivity index (χ0) is 17.5. The molecule has 1 amide bonds. The lowest BCUT2D eigenvalue weighted by Gasteiger charge is -2.18. The fourth-order valence-electron chi connectivity index (χ4n) is 1.53. The first-order chi connectivity index (χ1) is 10.8. The van der Waals surface area contributed by atoms with Crippen LogP contribution in [0.15, 0.2) is 17.2 Å². The number of hydrogen-bond acceptors (Lipinski definition) is 5. The maximum atomic E-state index is 11.5. The van der Waals surface area contributed by atoms with Crippen LogP contribution in [0.25, 0.3) is 0 Å². The summed E-state index contributed by atoms with van der Waals surface area (Å²) in [6.45, 7) is 5.35. The van der Waals surface area contributed by atoms with Crippen LogP contribution < -0.4 is 14.9 Å². The number of ether oxygens (including phenoxy) is 3. The molecule has 0 saturated carbocycles. The topological polar surface area (TPSA) is 69.2 Å². The molecule has 1 rings (SSSR count). The number of benzene rings is 1. The summed E-state index contributed by atoms with van der Waals surface area (Å²) < 4.78 is 15.6. The molecule has 0 aliphatic rings. The average Bonchev–Trinajstić information content (AvgIpc) is 2.43. The number of methoxy groups -OCH3 is 1. The summed E-state index contributed by atoms with van der Waals surface area (Å²) in [5.74, 6) is 3.11. The van der Waals surface area contributed by atoms with E-state index in [1.54, 1.807) is 32.9 Å². The number of nitrogens with one attached hydrogen (secondary N) is 1. The Morgan fingerprint density at radius 1 is 1.48 bits per heavy atom. The third kappa shape index (κ3) is 6.49. The van der Waals surface area contributed by atoms with Crippen LogP contribution in [0.3, 0.4) is 0 Å². The molecule has 1 aromatic rings. The lowest BCUT2D eigenvalue weighted by atomic mass is 10.2. The molecule has 0 aromatic heterocycles. The minimum atomic E-state index is -0.652. The summed E-state index contributed by atoms with van der Waals surface area (Å²) in [5.41, 5.74) is 2.27. The maximum absolute atomic E-state index is 11.5. The Kier molecular flexibility index (Phi) is 6.73. The normalized spacial score (nSPS) is 11.0. The van der Waals surface area contributed by atoms with Crippen molar-refractivity contribution in [2.75, 3.05) is 13.7 Å². The van der Waals surface area contributed by atoms with E-state index in [9.17, 15) is 4.79 Å². The van der Waals surface area contributed by atoms with Gasteiger partial charge in [0.1, 0.15) is 12.2 Å². The third-order valence-corrected chi connectivity index (χ3v) is 2.60. The molecule has 124 valence electrons. The summed E-state index contributed by atoms with van der Waals surface area (Å²) >= 11 is 6.13. The van der Waals surface area contributed by atoms with Crippen molar-refractivity contribution in [2.24, 2.45) is 5.10 Å². The van der Waals surface area contributed by atoms with Gasteiger partial charge in [-0.2, -0.15) is 5.10 Å². The van der Waals surface area contributed by atoms with E-state index < -0.39 is 11.7 Å². The molecular weight excluding hydrogens is 320 g/mol. The van der Waals surface area contributed by atoms with Gasteiger partial charge in [-0.05, 0) is 38.5 Å². The Labute approximate surface area is 140 Å². The second-order valence-corrected chi connectivity index (χ2v) is 5.81. The summed E-state index contributed by atoms with van der Waals surface area (Å²) in [7, 11) is 1.48. The monoisotopic (exact) mass is 338 g/mol. The molecular formula is C16H19ClN2O4. The van der Waals surface area contributed by atoms with Gasteiger partial charge in [0.25, 0.3) is 0 Å². The van der Waals surface area contributed by atoms with Gasteiger partial charge in [-0.3, -0.25) is 0 Å². The minimum Gasteiger partial charge on any atom is -0.493 e. The number of hydrazone groups is 1. The number of halogens is 1. The number of carbonyl (C=O) groups is 1. The maximum Gasteiger partial charge on any atom is 0.428 e. The number of hydrogen-bond donors (Lipinski definition) is 1. The first-order valence-electron chi connectivity index (χ1n) is 6.72. The molecule has 6 nitrogen and oxygen atoms in total. The highest BCUT2D eigenvalue weighted by atomic mass is 35.5. The second kappa shape index (κ2) is 8.30. The van der Waals surface area contributed by atoms with E-state index >= 15 is 0 Å². The highest BCUT2D eigenvalue weighted by molar-refractivity contribution is 6.32. The van der Waals surface area contributed by atoms with E-state index in [1.807, 2.05) is 0 Å². The van der Waals surface area contributed by atoms with Gasteiger partial charge in [0.2, 0.25) is 0 Å². The standard InChI is InChI=1S/C16H19ClN2O4/c1-6-7-22-14-12(17)8-11(9-13(14)21-5)10-18-19-15(20)23-16(2,3)4/h1,8-10H,7H2,2-5H3,(H,19,20)/b18-10-. The van der Waals surface area contributed by atoms with Crippen LogP contribution in [-0.2, 0) is 4.74 Å². The molecule has 0 aliphatic heterocycles. The van der Waals surface area contributed by atoms with Gasteiger partial charge < -0.3 is 14.2 Å². The molecule has 0 atom stereocenters. The van der Waals surface area contributed by atoms with Gasteiger partial charge in [-0.1, -0.05) is 17.5 Å². The Morgan fingerprint density at radius 3 is 2.74 bits per heavy atom. The fraction of sp³-hybridized carbons (Fsp3) is 0.375. The fourth-order valence-corrected chi connectivity index (χ4v) is 1.80. The number of amides is 1. The number of carbonyl (C=O) groups excluding carboxylic acids is 1. The molecule has 0 spiro atoms. The number of nitrogens with zero attached hydrogens (tertiary/aromatic N) is 1. The van der Waals surface area contributed by atoms with Crippen molar-refractivity contribution >= 4 is 23.9 Å². The lowest BCUT2D eigenvalue weighted by Crippen LogP contribution is -2.29. The zero-order valence-corrected chi connectivity index (χ0v) is 14.2. The van der Waals surface area contributed by atoms with Gasteiger partial charge >= 0.3 is 6.09 Å². The van der Waals surface area contributed by atoms with Gasteiger partial charge in [0.05, 0.1) is 18.3 Å². The molecule has 0 radical (unpaired) electrons. The van der Waals surface area contributed by atoms with E-state index in [0.717, 1.165) is 0 Å². The first kappa shape index (κ1) is 18.7. The molecule has 0 unspecified atom stereocenters. The van der Waals surface area contributed by atoms with Crippen LogP contribution >= 0.6 is 11.6 Å². The van der Waals surface area contributed by atoms with Gasteiger partial charge in [-0.15, -0.1) is 6.42 Å². The Hall–Kier alpha value is -2.39. The van der Waals surface area contributed by atoms with Crippen molar-refractivity contribution in [1.29, 1.82) is 0 Å². The molecule has 0 heterocycles. The van der Waals surface area contributed by atoms with Gasteiger partial charge in [0, 0.05) is 0 Å². The lowest BCUT2D eigenvalue weighted by molar-refractivity contribution is 0.0529. The molecule has 1 aromatic carbocycles. The number of terminal acetylenes is 1. The van der Waals surface area contributed by atoms with Crippen LogP contribution in [0.4, 0.5) is 4.79 Å². The number of rotatable bonds is 5. The predicted octanol–water partition coefficient (Wildman–Crippen LogP) is 3.22. The Balaban J connectivity index is 2.82. The van der Waals surface area contributed by atoms with Crippen LogP contribution in [-0.4, -0.2) is 31.6 Å². The van der Waals surface area contributed by atoms with Crippen LogP contribution in [0.2, 0.25) is 5.02 Å². The van der Waals surface area contributed by atoms with Crippen molar-refractivity contribution in [3.8, 4) is 23.8 Å². The van der Waals surface area contributed by atoms with Crippen LogP contribution in [0.5, 0.6) is 11.5 Å². The van der Waals surface area contributed by atoms with E-state index in [4.69, 9.17) is 32.2 Å². The Bertz CT molecular complexity index is 630. The van der Waals surface area contributed by atoms with Crippen LogP contribution in [0.1, 0.15) is 26.3 Å². The van der Waals surface area contributed by atoms with E-state index in [2.05, 4.69) is 16.4 Å². The minimum absolute atomic E-state index is 0.0731. The summed E-state index contributed by atoms with van der Waals surface area (Å²) in [5, 5.41) is 4.12. The van der Waals surface area contributed by atoms with Gasteiger partial charge in [0.15, 0.2) is 11.5 Å². The highest BCUT2D eigenvalue weighted by Crippen LogP contribution is 2.35. The highest BCUT2D eigenvalue weighted by Gasteiger charge is 2.15. The molecule has 0 bridgehead atoms. The SMILES string of the molecule is C#CCOc1c(Cl)cc(/C=N\NC(=O)OC(C)(C)C)cc1OC. The molecule has 0 aliphatic carbocycles. The average molecular weight is 339 g/mol. The molecule has 1 N–H and O–H groups in total. The van der Waals surface area contributed by atoms with E-state index in [1.165, 1.54) is 13.3 Å². The van der Waals surface area contributed by atoms with Crippen molar-refractivity contribution < 1.29 is 19.0 Å². The first-order valence-corrected chi connectivity index (χ1v) is 7.10. The summed E-state index contributed by atoms with van der Waals surface area (Å²) in [6, 6.07) is 3.26. The smallest absolute Gasteiger partial charge is 0.428 e. The van der Waals surface area contributed by atoms with Crippen molar-refractivity contribution in [2.45, 2.75) is 26.4 Å². The second-order valence-electron chi connectivity index (χ2n) is 5.40. The third-order valence-electron chi connectivity index (χ3n) is 2.32. The predicted molar refractivity (Wildman–Crippen MR) is 89.3 cm³/mol. The van der Waals surface area contributed by atoms with Crippen molar-refractivity contribution in [1.82, 2.24) is 5.43 Å². The zero-order valence-electron chi connectivity index (χ0n) is 13.5. The largest absolute Gasteiger partial charge is 0.493 e. The molecule has 0 saturated heterocycles. The van der Waals surface area contributed by atoms with Crippen LogP contribution in [0, 0.1) is 12.3 Å². The molecule has 7 heteroatoms. The van der Waals surface area contributed by atoms with E-state index in [-0.39, 0.29) is 6.61 Å². The molecule has 23 heavy (non-hydrogen) atoms. The summed E-state index contributed by atoms with van der Waals surface area (Å²) in [4.78, 5) is 11.5. The summed E-state index contributed by atoms with van der Waals surface area (Å²) in [6.07, 6.45) is 5.91. The van der Waals surface area contributed by atoms with Crippen molar-refractivity contribution in [3.05, 3.63) is 22.7 Å². The Morgan fingerprint density at radius 2 is 2.17 bits per heavy atom. The van der Waals surface area contributed by atoms with E-state index in [0.29, 0.717) is 22.1 Å². The van der Waals surface area contributed by atoms with Gasteiger partial charge in [-0.25, -0.2) is 10.2 Å².